The molecule has 2 rings (SSSR count). The Hall–Kier alpha value is -0.0800. The highest BCUT2D eigenvalue weighted by molar-refractivity contribution is 5.02. The molecule has 0 bridgehead atoms. The molecule has 1 aliphatic carbocycles. The zero-order valence-electron chi connectivity index (χ0n) is 5.76. The van der Waals surface area contributed by atoms with Crippen molar-refractivity contribution in [2.24, 2.45) is 11.8 Å². The number of hydrogen-bond acceptors (Lipinski definition) is 2. The summed E-state index contributed by atoms with van der Waals surface area (Å²) in [5.74, 6) is 1.76. The van der Waals surface area contributed by atoms with E-state index in [-0.39, 0.29) is 0 Å². The molecular weight excluding hydrogens is 114 g/mol. The average molecular weight is 127 g/mol. The fourth-order valence-corrected chi connectivity index (χ4v) is 1.88. The van der Waals surface area contributed by atoms with Crippen LogP contribution in [0.15, 0.2) is 0 Å². The predicted octanol–water partition coefficient (Wildman–Crippen LogP) is 0.241. The molecule has 2 aliphatic rings. The molecule has 0 amide bonds. The van der Waals surface area contributed by atoms with Gasteiger partial charge in [0.25, 0.3) is 0 Å². The summed E-state index contributed by atoms with van der Waals surface area (Å²) in [6.45, 7) is 2.16. The summed E-state index contributed by atoms with van der Waals surface area (Å²) < 4.78 is 5.45. The van der Waals surface area contributed by atoms with Crippen molar-refractivity contribution < 1.29 is 4.74 Å². The summed E-state index contributed by atoms with van der Waals surface area (Å²) in [6.07, 6.45) is 1.94. The van der Waals surface area contributed by atoms with Crippen molar-refractivity contribution in [3.8, 4) is 0 Å². The third kappa shape index (κ3) is 0.775. The van der Waals surface area contributed by atoms with Crippen LogP contribution in [-0.2, 0) is 4.74 Å². The van der Waals surface area contributed by atoms with E-state index in [2.05, 4.69) is 5.32 Å². The minimum absolute atomic E-state index is 0.637. The summed E-state index contributed by atoms with van der Waals surface area (Å²) in [7, 11) is 2.01. The first-order chi connectivity index (χ1) is 4.43. The smallest absolute Gasteiger partial charge is 0.0652 e. The van der Waals surface area contributed by atoms with Crippen LogP contribution in [0.5, 0.6) is 0 Å². The Morgan fingerprint density at radius 3 is 3.11 bits per heavy atom. The van der Waals surface area contributed by atoms with E-state index in [0.717, 1.165) is 25.0 Å². The maximum absolute atomic E-state index is 5.45. The lowest BCUT2D eigenvalue weighted by atomic mass is 10.2. The van der Waals surface area contributed by atoms with Gasteiger partial charge in [0.1, 0.15) is 0 Å². The van der Waals surface area contributed by atoms with Gasteiger partial charge in [0, 0.05) is 19.1 Å². The largest absolute Gasteiger partial charge is 0.378 e. The fourth-order valence-electron chi connectivity index (χ4n) is 1.88. The van der Waals surface area contributed by atoms with Crippen molar-refractivity contribution in [3.63, 3.8) is 0 Å². The molecule has 1 saturated carbocycles. The highest BCUT2D eigenvalue weighted by atomic mass is 16.5. The van der Waals surface area contributed by atoms with Crippen LogP contribution in [-0.4, -0.2) is 26.3 Å². The Morgan fingerprint density at radius 1 is 1.67 bits per heavy atom. The molecule has 2 heteroatoms. The summed E-state index contributed by atoms with van der Waals surface area (Å²) >= 11 is 0. The lowest BCUT2D eigenvalue weighted by Gasteiger charge is -2.00. The van der Waals surface area contributed by atoms with Crippen LogP contribution in [0.1, 0.15) is 6.42 Å². The number of ether oxygens (including phenoxy) is 1. The third-order valence-corrected chi connectivity index (χ3v) is 2.45. The van der Waals surface area contributed by atoms with Gasteiger partial charge in [-0.2, -0.15) is 0 Å². The van der Waals surface area contributed by atoms with Gasteiger partial charge < -0.3 is 10.1 Å². The van der Waals surface area contributed by atoms with Gasteiger partial charge in [0.2, 0.25) is 0 Å². The number of nitrogens with one attached hydrogen (secondary N) is 1. The predicted molar refractivity (Wildman–Crippen MR) is 35.3 cm³/mol. The van der Waals surface area contributed by atoms with Crippen molar-refractivity contribution >= 4 is 0 Å². The monoisotopic (exact) mass is 127 g/mol. The molecule has 1 heterocycles. The van der Waals surface area contributed by atoms with E-state index in [4.69, 9.17) is 4.74 Å². The van der Waals surface area contributed by atoms with Gasteiger partial charge >= 0.3 is 0 Å². The highest BCUT2D eigenvalue weighted by Crippen LogP contribution is 2.48. The van der Waals surface area contributed by atoms with Crippen LogP contribution < -0.4 is 5.32 Å². The second-order valence-corrected chi connectivity index (χ2v) is 3.01. The normalized spacial score (nSPS) is 47.0. The summed E-state index contributed by atoms with van der Waals surface area (Å²) in [4.78, 5) is 0. The van der Waals surface area contributed by atoms with Crippen molar-refractivity contribution in [2.45, 2.75) is 12.5 Å². The summed E-state index contributed by atoms with van der Waals surface area (Å²) in [5.41, 5.74) is 0. The molecule has 52 valence electrons. The third-order valence-electron chi connectivity index (χ3n) is 2.45. The Kier molecular flexibility index (Phi) is 1.24. The second kappa shape index (κ2) is 1.96. The van der Waals surface area contributed by atoms with Gasteiger partial charge in [0.15, 0.2) is 0 Å². The number of rotatable bonds is 2. The zero-order chi connectivity index (χ0) is 6.27. The van der Waals surface area contributed by atoms with Crippen molar-refractivity contribution in [1.82, 2.24) is 5.32 Å². The van der Waals surface area contributed by atoms with Crippen LogP contribution in [0.3, 0.4) is 0 Å². The van der Waals surface area contributed by atoms with E-state index >= 15 is 0 Å². The molecule has 0 aromatic heterocycles. The van der Waals surface area contributed by atoms with E-state index < -0.39 is 0 Å². The lowest BCUT2D eigenvalue weighted by molar-refractivity contribution is 0.138. The molecule has 0 aromatic carbocycles. The van der Waals surface area contributed by atoms with Gasteiger partial charge in [-0.15, -0.1) is 0 Å². The first kappa shape index (κ1) is 5.69. The molecule has 0 spiro atoms. The topological polar surface area (TPSA) is 21.3 Å². The van der Waals surface area contributed by atoms with E-state index in [1.807, 2.05) is 7.05 Å². The quantitative estimate of drug-likeness (QED) is 0.573. The molecule has 1 saturated heterocycles. The van der Waals surface area contributed by atoms with Crippen LogP contribution >= 0.6 is 0 Å². The average Bonchev–Trinajstić information content (AvgIpc) is 2.39. The van der Waals surface area contributed by atoms with Crippen molar-refractivity contribution in [1.29, 1.82) is 0 Å². The van der Waals surface area contributed by atoms with E-state index in [1.165, 1.54) is 6.42 Å². The van der Waals surface area contributed by atoms with Crippen molar-refractivity contribution in [2.75, 3.05) is 20.2 Å². The maximum Gasteiger partial charge on any atom is 0.0652 e. The van der Waals surface area contributed by atoms with E-state index in [9.17, 15) is 0 Å². The molecule has 2 fully saturated rings. The SMILES string of the molecule is CNC[C@@H]1[C@H]2CCO[C@H]21. The van der Waals surface area contributed by atoms with E-state index in [0.29, 0.717) is 6.10 Å². The Balaban J connectivity index is 1.81. The summed E-state index contributed by atoms with van der Waals surface area (Å²) in [5, 5.41) is 3.18. The number of hydrogen-bond donors (Lipinski definition) is 1. The van der Waals surface area contributed by atoms with Gasteiger partial charge in [-0.05, 0) is 19.4 Å². The zero-order valence-corrected chi connectivity index (χ0v) is 5.76. The van der Waals surface area contributed by atoms with Gasteiger partial charge in [-0.3, -0.25) is 0 Å². The maximum atomic E-state index is 5.45. The molecule has 2 nitrogen and oxygen atoms in total. The van der Waals surface area contributed by atoms with Gasteiger partial charge in [-0.25, -0.2) is 0 Å². The molecule has 3 atom stereocenters. The van der Waals surface area contributed by atoms with E-state index in [1.54, 1.807) is 0 Å². The fraction of sp³-hybridized carbons (Fsp3) is 1.00. The Bertz CT molecular complexity index is 105. The molecule has 0 aromatic rings. The molecular formula is C7H13NO. The van der Waals surface area contributed by atoms with Gasteiger partial charge in [-0.1, -0.05) is 0 Å². The molecule has 0 unspecified atom stereocenters. The minimum atomic E-state index is 0.637. The second-order valence-electron chi connectivity index (χ2n) is 3.01. The first-order valence-corrected chi connectivity index (χ1v) is 3.69. The molecule has 0 radical (unpaired) electrons. The van der Waals surface area contributed by atoms with Gasteiger partial charge in [0.05, 0.1) is 6.10 Å². The first-order valence-electron chi connectivity index (χ1n) is 3.69. The highest BCUT2D eigenvalue weighted by Gasteiger charge is 2.53. The van der Waals surface area contributed by atoms with Crippen molar-refractivity contribution in [3.05, 3.63) is 0 Å². The van der Waals surface area contributed by atoms with Crippen LogP contribution in [0, 0.1) is 11.8 Å². The van der Waals surface area contributed by atoms with Crippen LogP contribution in [0.4, 0.5) is 0 Å². The number of fused-ring (bicyclic) bond motifs is 1. The Labute approximate surface area is 55.6 Å². The summed E-state index contributed by atoms with van der Waals surface area (Å²) in [6, 6.07) is 0. The molecule has 1 N–H and O–H groups in total. The minimum Gasteiger partial charge on any atom is -0.378 e. The standard InChI is InChI=1S/C7H13NO/c1-8-4-6-5-2-3-9-7(5)6/h5-8H,2-4H2,1H3/t5-,6-,7-/m1/s1. The molecule has 9 heavy (non-hydrogen) atoms. The molecule has 1 aliphatic heterocycles. The van der Waals surface area contributed by atoms with Crippen LogP contribution in [0.25, 0.3) is 0 Å². The lowest BCUT2D eigenvalue weighted by Crippen LogP contribution is -2.14. The van der Waals surface area contributed by atoms with Crippen LogP contribution in [0.2, 0.25) is 0 Å². The Morgan fingerprint density at radius 2 is 2.56 bits per heavy atom.